The molecule has 228 valence electrons. The van der Waals surface area contributed by atoms with Crippen molar-refractivity contribution in [3.8, 4) is 0 Å². The van der Waals surface area contributed by atoms with Gasteiger partial charge in [0, 0.05) is 13.3 Å². The van der Waals surface area contributed by atoms with Crippen molar-refractivity contribution in [2.24, 2.45) is 5.92 Å². The molecule has 12 N–H and O–H groups in total. The monoisotopic (exact) mass is 571 g/mol. The highest BCUT2D eigenvalue weighted by Crippen LogP contribution is 2.45. The van der Waals surface area contributed by atoms with Gasteiger partial charge in [0.1, 0.15) is 54.9 Å². The Morgan fingerprint density at radius 1 is 0.846 bits per heavy atom. The van der Waals surface area contributed by atoms with Gasteiger partial charge in [-0.2, -0.15) is 0 Å². The molecule has 0 saturated carbocycles. The van der Waals surface area contributed by atoms with Crippen LogP contribution in [0.2, 0.25) is 0 Å². The van der Waals surface area contributed by atoms with Crippen molar-refractivity contribution in [2.45, 2.75) is 124 Å². The molecular formula is C23H41NO15. The number of hydrogen-bond donors (Lipinski definition) is 12. The Balaban J connectivity index is 2.12. The number of hydrogen-bond acceptors (Lipinski definition) is 15. The first-order valence-electron chi connectivity index (χ1n) is 12.8. The zero-order valence-electron chi connectivity index (χ0n) is 21.7. The van der Waals surface area contributed by atoms with Crippen molar-refractivity contribution in [1.82, 2.24) is 5.32 Å². The van der Waals surface area contributed by atoms with Crippen molar-refractivity contribution < 1.29 is 75.2 Å². The highest BCUT2D eigenvalue weighted by Gasteiger charge is 2.63. The Morgan fingerprint density at radius 2 is 1.31 bits per heavy atom. The number of aliphatic hydroxyl groups is 11. The molecular weight excluding hydrogens is 530 g/mol. The lowest BCUT2D eigenvalue weighted by Gasteiger charge is -2.56. The molecule has 1 amide bonds. The predicted octanol–water partition coefficient (Wildman–Crippen LogP) is -6.60. The molecule has 3 rings (SSSR count). The summed E-state index contributed by atoms with van der Waals surface area (Å²) < 4.78 is 17.2. The van der Waals surface area contributed by atoms with Gasteiger partial charge in [-0.25, -0.2) is 0 Å². The maximum Gasteiger partial charge on any atom is 0.217 e. The summed E-state index contributed by atoms with van der Waals surface area (Å²) in [4.78, 5) is 11.8. The van der Waals surface area contributed by atoms with Crippen molar-refractivity contribution in [3.05, 3.63) is 0 Å². The summed E-state index contributed by atoms with van der Waals surface area (Å²) in [6, 6.07) is -1.42. The van der Waals surface area contributed by atoms with E-state index < -0.39 is 122 Å². The van der Waals surface area contributed by atoms with Crippen LogP contribution in [0, 0.1) is 5.92 Å². The first kappa shape index (κ1) is 32.4. The lowest BCUT2D eigenvalue weighted by molar-refractivity contribution is -0.373. The summed E-state index contributed by atoms with van der Waals surface area (Å²) in [7, 11) is 0. The van der Waals surface area contributed by atoms with Crippen LogP contribution in [0.4, 0.5) is 0 Å². The van der Waals surface area contributed by atoms with E-state index >= 15 is 0 Å². The van der Waals surface area contributed by atoms with Gasteiger partial charge in [0.25, 0.3) is 0 Å². The normalized spacial score (nSPS) is 49.6. The number of rotatable bonds is 7. The van der Waals surface area contributed by atoms with Crippen LogP contribution in [0.25, 0.3) is 0 Å². The molecule has 3 aliphatic rings. The first-order valence-corrected chi connectivity index (χ1v) is 12.8. The Kier molecular flexibility index (Phi) is 10.3. The van der Waals surface area contributed by atoms with Crippen LogP contribution in [0.15, 0.2) is 0 Å². The molecule has 3 saturated heterocycles. The van der Waals surface area contributed by atoms with Crippen molar-refractivity contribution in [2.75, 3.05) is 6.61 Å². The second-order valence-corrected chi connectivity index (χ2v) is 10.7. The van der Waals surface area contributed by atoms with Gasteiger partial charge >= 0.3 is 0 Å². The van der Waals surface area contributed by atoms with Crippen LogP contribution in [0.3, 0.4) is 0 Å². The molecule has 2 unspecified atom stereocenters. The minimum absolute atomic E-state index is 0.672. The van der Waals surface area contributed by atoms with E-state index in [0.29, 0.717) is 0 Å². The van der Waals surface area contributed by atoms with E-state index in [1.807, 2.05) is 0 Å². The van der Waals surface area contributed by atoms with Gasteiger partial charge in [0.05, 0.1) is 49.1 Å². The summed E-state index contributed by atoms with van der Waals surface area (Å²) >= 11 is 0. The number of carbonyl (C=O) groups is 1. The third-order valence-electron chi connectivity index (χ3n) is 7.91. The lowest BCUT2D eigenvalue weighted by Crippen LogP contribution is -2.73. The molecule has 16 atom stereocenters. The maximum atomic E-state index is 11.9. The van der Waals surface area contributed by atoms with E-state index in [4.69, 9.17) is 14.2 Å². The SMILES string of the molecule is CC(=O)N[C@H]1[C@H]([C@H](O)[C@H](O)CO)O[C@](O)(C(C2O[C@H](C)[C@H](O)[C@H](O)[C@H]2O)C2O[C@H](C)[C@H](O)[C@H](O)[C@H]2O)C[C@@H]1O. The van der Waals surface area contributed by atoms with E-state index in [0.717, 1.165) is 6.92 Å². The average molecular weight is 572 g/mol. The van der Waals surface area contributed by atoms with E-state index in [1.165, 1.54) is 13.8 Å². The summed E-state index contributed by atoms with van der Waals surface area (Å²) in [6.45, 7) is 2.83. The number of carbonyl (C=O) groups excluding carboxylic acids is 1. The van der Waals surface area contributed by atoms with E-state index in [2.05, 4.69) is 5.32 Å². The fraction of sp³-hybridized carbons (Fsp3) is 0.957. The topological polar surface area (TPSA) is 279 Å². The molecule has 16 heteroatoms. The molecule has 0 aromatic rings. The Labute approximate surface area is 224 Å². The van der Waals surface area contributed by atoms with Gasteiger partial charge in [-0.3, -0.25) is 4.79 Å². The summed E-state index contributed by atoms with van der Waals surface area (Å²) in [5.74, 6) is -5.21. The summed E-state index contributed by atoms with van der Waals surface area (Å²) in [5, 5.41) is 119. The number of amides is 1. The molecule has 3 fully saturated rings. The van der Waals surface area contributed by atoms with Gasteiger partial charge in [-0.05, 0) is 13.8 Å². The molecule has 3 heterocycles. The summed E-state index contributed by atoms with van der Waals surface area (Å²) in [5.41, 5.74) is 0. The molecule has 0 aromatic heterocycles. The van der Waals surface area contributed by atoms with Crippen molar-refractivity contribution in [3.63, 3.8) is 0 Å². The molecule has 39 heavy (non-hydrogen) atoms. The Hall–Kier alpha value is -1.09. The second-order valence-electron chi connectivity index (χ2n) is 10.7. The van der Waals surface area contributed by atoms with Crippen LogP contribution in [0.5, 0.6) is 0 Å². The number of nitrogens with one attached hydrogen (secondary N) is 1. The fourth-order valence-electron chi connectivity index (χ4n) is 5.70. The zero-order chi connectivity index (χ0) is 29.6. The largest absolute Gasteiger partial charge is 0.394 e. The van der Waals surface area contributed by atoms with Crippen molar-refractivity contribution >= 4 is 5.91 Å². The molecule has 0 radical (unpaired) electrons. The molecule has 3 aliphatic heterocycles. The van der Waals surface area contributed by atoms with Crippen LogP contribution < -0.4 is 5.32 Å². The van der Waals surface area contributed by atoms with Gasteiger partial charge in [0.2, 0.25) is 5.91 Å². The standard InChI is InChI=1S/C23H41NO15/c1-6-13(29)16(32)18(34)20(37-6)11(21-19(35)17(33)14(30)7(2)38-21)23(36)4-9(27)12(24-8(3)26)22(39-23)15(31)10(28)5-25/h6-7,9-22,25,27-36H,4-5H2,1-3H3,(H,24,26)/t6-,7-,9+,10-,11?,12-,13+,14+,15-,16+,17+,18-,19-,20?,21?,22-,23+/m1/s1. The third kappa shape index (κ3) is 6.24. The van der Waals surface area contributed by atoms with Crippen LogP contribution in [-0.2, 0) is 19.0 Å². The quantitative estimate of drug-likeness (QED) is 0.135. The van der Waals surface area contributed by atoms with E-state index in [9.17, 15) is 61.0 Å². The highest BCUT2D eigenvalue weighted by atomic mass is 16.7. The lowest BCUT2D eigenvalue weighted by atomic mass is 9.72. The smallest absolute Gasteiger partial charge is 0.217 e. The van der Waals surface area contributed by atoms with Gasteiger partial charge in [-0.1, -0.05) is 0 Å². The minimum Gasteiger partial charge on any atom is -0.394 e. The van der Waals surface area contributed by atoms with Crippen molar-refractivity contribution in [1.29, 1.82) is 0 Å². The fourth-order valence-corrected chi connectivity index (χ4v) is 5.70. The predicted molar refractivity (Wildman–Crippen MR) is 125 cm³/mol. The Bertz CT molecular complexity index is 803. The molecule has 16 nitrogen and oxygen atoms in total. The molecule has 0 spiro atoms. The summed E-state index contributed by atoms with van der Waals surface area (Å²) in [6.07, 6.45) is -24.5. The third-order valence-corrected chi connectivity index (χ3v) is 7.91. The number of ether oxygens (including phenoxy) is 3. The van der Waals surface area contributed by atoms with E-state index in [1.54, 1.807) is 0 Å². The van der Waals surface area contributed by atoms with Crippen LogP contribution in [-0.4, -0.2) is 166 Å². The van der Waals surface area contributed by atoms with Gasteiger partial charge in [0.15, 0.2) is 5.79 Å². The maximum absolute atomic E-state index is 11.9. The van der Waals surface area contributed by atoms with Crippen LogP contribution in [0.1, 0.15) is 27.2 Å². The first-order chi connectivity index (χ1) is 18.0. The molecule has 0 aliphatic carbocycles. The molecule has 0 aromatic carbocycles. The zero-order valence-corrected chi connectivity index (χ0v) is 21.7. The minimum atomic E-state index is -2.74. The highest BCUT2D eigenvalue weighted by molar-refractivity contribution is 5.73. The average Bonchev–Trinajstić information content (AvgIpc) is 2.87. The van der Waals surface area contributed by atoms with Gasteiger partial charge < -0.3 is 75.7 Å². The number of aliphatic hydroxyl groups excluding tert-OH is 10. The van der Waals surface area contributed by atoms with Gasteiger partial charge in [-0.15, -0.1) is 0 Å². The van der Waals surface area contributed by atoms with Crippen LogP contribution >= 0.6 is 0 Å². The molecule has 0 bridgehead atoms. The Morgan fingerprint density at radius 3 is 1.72 bits per heavy atom. The second kappa shape index (κ2) is 12.4. The van der Waals surface area contributed by atoms with E-state index in [-0.39, 0.29) is 0 Å².